The number of nitrogens with zero attached hydrogens (tertiary/aromatic N) is 4. The topological polar surface area (TPSA) is 94.4 Å². The van der Waals surface area contributed by atoms with Crippen molar-refractivity contribution in [3.63, 3.8) is 0 Å². The van der Waals surface area contributed by atoms with Gasteiger partial charge in [-0.2, -0.15) is 13.0 Å². The van der Waals surface area contributed by atoms with Crippen molar-refractivity contribution >= 4 is 51.1 Å². The highest BCUT2D eigenvalue weighted by Crippen LogP contribution is 2.38. The van der Waals surface area contributed by atoms with E-state index in [1.54, 1.807) is 23.1 Å². The fourth-order valence-corrected chi connectivity index (χ4v) is 5.16. The van der Waals surface area contributed by atoms with Gasteiger partial charge >= 0.3 is 0 Å². The van der Waals surface area contributed by atoms with Crippen LogP contribution in [-0.2, 0) is 26.2 Å². The van der Waals surface area contributed by atoms with Gasteiger partial charge < -0.3 is 10.2 Å². The molecular weight excluding hydrogens is 398 g/mol. The van der Waals surface area contributed by atoms with E-state index in [1.807, 2.05) is 14.0 Å². The van der Waals surface area contributed by atoms with Crippen LogP contribution in [0.2, 0.25) is 0 Å². The second-order valence-corrected chi connectivity index (χ2v) is 8.51. The van der Waals surface area contributed by atoms with Gasteiger partial charge in [0.2, 0.25) is 15.9 Å². The lowest BCUT2D eigenvalue weighted by Gasteiger charge is -2.35. The van der Waals surface area contributed by atoms with E-state index in [-0.39, 0.29) is 42.2 Å². The normalized spacial score (nSPS) is 18.0. The van der Waals surface area contributed by atoms with Crippen LogP contribution in [0.1, 0.15) is 6.92 Å². The zero-order valence-corrected chi connectivity index (χ0v) is 17.0. The predicted molar refractivity (Wildman–Crippen MR) is 104 cm³/mol. The van der Waals surface area contributed by atoms with Crippen molar-refractivity contribution in [1.29, 1.82) is 0 Å². The first-order valence-electron chi connectivity index (χ1n) is 8.10. The van der Waals surface area contributed by atoms with Gasteiger partial charge in [0.25, 0.3) is 0 Å². The molecule has 26 heavy (non-hydrogen) atoms. The summed E-state index contributed by atoms with van der Waals surface area (Å²) in [5.74, 6) is -0.0693. The molecule has 144 valence electrons. The molecule has 11 heteroatoms. The number of carbonyl (C=O) groups is 1. The summed E-state index contributed by atoms with van der Waals surface area (Å²) in [6.45, 7) is 3.85. The van der Waals surface area contributed by atoms with Crippen LogP contribution in [0, 0.1) is 5.92 Å². The van der Waals surface area contributed by atoms with Crippen LogP contribution in [0.4, 0.5) is 11.4 Å². The van der Waals surface area contributed by atoms with Crippen LogP contribution in [-0.4, -0.2) is 63.3 Å². The first-order valence-corrected chi connectivity index (χ1v) is 10.3. The summed E-state index contributed by atoms with van der Waals surface area (Å²) in [4.78, 5) is 14.3. The summed E-state index contributed by atoms with van der Waals surface area (Å²) in [6.07, 6.45) is 0. The third kappa shape index (κ3) is 3.99. The van der Waals surface area contributed by atoms with E-state index in [1.165, 1.54) is 4.31 Å². The first kappa shape index (κ1) is 21.0. The molecule has 1 amide bonds. The number of fused-ring (bicyclic) bond motifs is 1. The SMILES string of the molecule is CNCC(C)C(=O)N1CCN(S(=O)(=O)c2cccc3c2N=S=N3)CC1.Cl. The van der Waals surface area contributed by atoms with Crippen LogP contribution >= 0.6 is 12.4 Å². The summed E-state index contributed by atoms with van der Waals surface area (Å²) >= 11 is 1.00. The fourth-order valence-electron chi connectivity index (χ4n) is 2.98. The molecular formula is C15H22ClN5O3S2. The molecule has 1 atom stereocenters. The number of nitrogens with one attached hydrogen (secondary N) is 1. The quantitative estimate of drug-likeness (QED) is 0.794. The molecule has 1 N–H and O–H groups in total. The number of sulfonamides is 1. The lowest BCUT2D eigenvalue weighted by Crippen LogP contribution is -2.52. The molecule has 3 rings (SSSR count). The Morgan fingerprint density at radius 3 is 2.62 bits per heavy atom. The highest BCUT2D eigenvalue weighted by Gasteiger charge is 2.33. The summed E-state index contributed by atoms with van der Waals surface area (Å²) in [5.41, 5.74) is 0.995. The van der Waals surface area contributed by atoms with Gasteiger partial charge in [0.1, 0.15) is 16.3 Å². The van der Waals surface area contributed by atoms with E-state index in [9.17, 15) is 13.2 Å². The van der Waals surface area contributed by atoms with Gasteiger partial charge in [-0.05, 0) is 19.2 Å². The van der Waals surface area contributed by atoms with Crippen molar-refractivity contribution in [3.05, 3.63) is 18.2 Å². The Morgan fingerprint density at radius 2 is 1.96 bits per heavy atom. The lowest BCUT2D eigenvalue weighted by molar-refractivity contribution is -0.136. The Morgan fingerprint density at radius 1 is 1.27 bits per heavy atom. The van der Waals surface area contributed by atoms with Crippen molar-refractivity contribution in [3.8, 4) is 0 Å². The van der Waals surface area contributed by atoms with Crippen LogP contribution in [0.15, 0.2) is 31.8 Å². The Bertz CT molecular complexity index is 847. The molecule has 0 radical (unpaired) electrons. The summed E-state index contributed by atoms with van der Waals surface area (Å²) in [6, 6.07) is 4.99. The van der Waals surface area contributed by atoms with Crippen molar-refractivity contribution in [2.45, 2.75) is 11.8 Å². The van der Waals surface area contributed by atoms with E-state index < -0.39 is 10.0 Å². The minimum Gasteiger partial charge on any atom is -0.340 e. The average molecular weight is 420 g/mol. The Hall–Kier alpha value is -1.33. The molecule has 8 nitrogen and oxygen atoms in total. The third-order valence-corrected chi connectivity index (χ3v) is 6.82. The number of carbonyl (C=O) groups excluding carboxylic acids is 1. The highest BCUT2D eigenvalue weighted by atomic mass is 35.5. The molecule has 1 saturated heterocycles. The van der Waals surface area contributed by atoms with Crippen LogP contribution < -0.4 is 5.32 Å². The molecule has 1 aromatic rings. The summed E-state index contributed by atoms with van der Waals surface area (Å²) in [5, 5.41) is 2.99. The number of halogens is 1. The number of amides is 1. The number of hydrogen-bond donors (Lipinski definition) is 1. The van der Waals surface area contributed by atoms with Gasteiger partial charge in [0.15, 0.2) is 0 Å². The van der Waals surface area contributed by atoms with Crippen molar-refractivity contribution < 1.29 is 13.2 Å². The minimum absolute atomic E-state index is 0. The van der Waals surface area contributed by atoms with Gasteiger partial charge in [-0.1, -0.05) is 13.0 Å². The number of hydrogen-bond acceptors (Lipinski definition) is 6. The smallest absolute Gasteiger partial charge is 0.245 e. The standard InChI is InChI=1S/C15H21N5O3S2.ClH/c1-11(10-16-2)15(21)19-6-8-20(9-7-19)25(22,23)13-5-3-4-12-14(13)18-24-17-12;/h3-5,11,16H,6-10H2,1-2H3;1H. The van der Waals surface area contributed by atoms with E-state index in [0.29, 0.717) is 31.0 Å². The van der Waals surface area contributed by atoms with E-state index >= 15 is 0 Å². The second-order valence-electron chi connectivity index (χ2n) is 6.08. The molecule has 1 fully saturated rings. The monoisotopic (exact) mass is 419 g/mol. The maximum absolute atomic E-state index is 13.0. The number of piperazine rings is 1. The molecule has 2 aliphatic rings. The fraction of sp³-hybridized carbons (Fsp3) is 0.533. The van der Waals surface area contributed by atoms with Gasteiger partial charge in [0.05, 0.1) is 11.4 Å². The van der Waals surface area contributed by atoms with Gasteiger partial charge in [-0.15, -0.1) is 12.4 Å². The van der Waals surface area contributed by atoms with E-state index in [0.717, 1.165) is 11.4 Å². The minimum atomic E-state index is -3.65. The van der Waals surface area contributed by atoms with Crippen LogP contribution in [0.25, 0.3) is 0 Å². The van der Waals surface area contributed by atoms with Crippen molar-refractivity contribution in [2.24, 2.45) is 14.6 Å². The zero-order valence-electron chi connectivity index (χ0n) is 14.6. The first-order chi connectivity index (χ1) is 11.9. The molecule has 1 unspecified atom stereocenters. The van der Waals surface area contributed by atoms with Gasteiger partial charge in [-0.3, -0.25) is 4.79 Å². The summed E-state index contributed by atoms with van der Waals surface area (Å²) < 4.78 is 35.6. The predicted octanol–water partition coefficient (Wildman–Crippen LogP) is 1.52. The van der Waals surface area contributed by atoms with Gasteiger partial charge in [-0.25, -0.2) is 8.42 Å². The molecule has 2 heterocycles. The average Bonchev–Trinajstić information content (AvgIpc) is 3.10. The van der Waals surface area contributed by atoms with Crippen molar-refractivity contribution in [1.82, 2.24) is 14.5 Å². The highest BCUT2D eigenvalue weighted by molar-refractivity contribution is 7.89. The molecule has 2 aliphatic heterocycles. The maximum atomic E-state index is 13.0. The molecule has 0 saturated carbocycles. The Balaban J connectivity index is 0.00000243. The summed E-state index contributed by atoms with van der Waals surface area (Å²) in [7, 11) is -1.84. The van der Waals surface area contributed by atoms with E-state index in [4.69, 9.17) is 0 Å². The third-order valence-electron chi connectivity index (χ3n) is 4.35. The number of benzene rings is 1. The Kier molecular flexibility index (Phi) is 6.92. The molecule has 0 spiro atoms. The largest absolute Gasteiger partial charge is 0.340 e. The Labute approximate surface area is 163 Å². The molecule has 0 aliphatic carbocycles. The van der Waals surface area contributed by atoms with Crippen LogP contribution in [0.3, 0.4) is 0 Å². The number of rotatable bonds is 5. The van der Waals surface area contributed by atoms with Gasteiger partial charge in [0, 0.05) is 38.6 Å². The second kappa shape index (κ2) is 8.57. The molecule has 1 aromatic carbocycles. The maximum Gasteiger partial charge on any atom is 0.245 e. The van der Waals surface area contributed by atoms with Crippen LogP contribution in [0.5, 0.6) is 0 Å². The zero-order chi connectivity index (χ0) is 18.0. The van der Waals surface area contributed by atoms with Crippen molar-refractivity contribution in [2.75, 3.05) is 39.8 Å². The molecule has 0 aromatic heterocycles. The van der Waals surface area contributed by atoms with E-state index in [2.05, 4.69) is 14.0 Å². The lowest BCUT2D eigenvalue weighted by atomic mass is 10.1. The molecule has 0 bridgehead atoms.